The van der Waals surface area contributed by atoms with Crippen LogP contribution in [-0.2, 0) is 0 Å². The Hall–Kier alpha value is -1.70. The molecule has 2 aromatic heterocycles. The molecule has 19 heavy (non-hydrogen) atoms. The summed E-state index contributed by atoms with van der Waals surface area (Å²) in [4.78, 5) is 17.3. The second kappa shape index (κ2) is 5.52. The number of rotatable bonds is 4. The first-order valence-corrected chi connectivity index (χ1v) is 6.56. The van der Waals surface area contributed by atoms with Gasteiger partial charge in [0, 0.05) is 11.6 Å². The van der Waals surface area contributed by atoms with Crippen molar-refractivity contribution in [2.24, 2.45) is 0 Å². The highest BCUT2D eigenvalue weighted by molar-refractivity contribution is 7.21. The molecule has 0 aliphatic heterocycles. The first kappa shape index (κ1) is 13.7. The number of hydrogen-bond donors (Lipinski definition) is 4. The summed E-state index contributed by atoms with van der Waals surface area (Å²) in [5.74, 6) is -0.409. The molecule has 0 atom stereocenters. The summed E-state index contributed by atoms with van der Waals surface area (Å²) in [5.41, 5.74) is 7.33. The zero-order chi connectivity index (χ0) is 14.0. The number of carbonyl (C=O) groups excluding carboxylic acids is 1. The number of nitrogens with one attached hydrogen (secondary N) is 1. The van der Waals surface area contributed by atoms with Crippen molar-refractivity contribution in [1.29, 1.82) is 0 Å². The predicted molar refractivity (Wildman–Crippen MR) is 74.2 cm³/mol. The lowest BCUT2D eigenvalue weighted by Crippen LogP contribution is -2.39. The van der Waals surface area contributed by atoms with Gasteiger partial charge in [0.1, 0.15) is 9.71 Å². The van der Waals surface area contributed by atoms with Gasteiger partial charge in [0.05, 0.1) is 24.9 Å². The van der Waals surface area contributed by atoms with E-state index < -0.39 is 11.9 Å². The number of carbonyl (C=O) groups is 1. The molecule has 0 fully saturated rings. The van der Waals surface area contributed by atoms with Gasteiger partial charge in [-0.2, -0.15) is 0 Å². The van der Waals surface area contributed by atoms with Crippen molar-refractivity contribution < 1.29 is 15.0 Å². The third kappa shape index (κ3) is 2.53. The van der Waals surface area contributed by atoms with E-state index in [1.165, 1.54) is 11.3 Å². The Morgan fingerprint density at radius 1 is 1.53 bits per heavy atom. The van der Waals surface area contributed by atoms with E-state index in [9.17, 15) is 4.79 Å². The molecule has 0 spiro atoms. The Bertz CT molecular complexity index is 608. The summed E-state index contributed by atoms with van der Waals surface area (Å²) in [5, 5.41) is 21.2. The number of fused-ring (bicyclic) bond motifs is 1. The molecule has 0 saturated carbocycles. The summed E-state index contributed by atoms with van der Waals surface area (Å²) in [6.07, 6.45) is 1.67. The molecule has 7 heteroatoms. The van der Waals surface area contributed by atoms with Crippen LogP contribution in [0, 0.1) is 6.92 Å². The van der Waals surface area contributed by atoms with E-state index in [2.05, 4.69) is 10.3 Å². The van der Waals surface area contributed by atoms with Gasteiger partial charge in [-0.05, 0) is 18.6 Å². The fourth-order valence-electron chi connectivity index (χ4n) is 1.77. The Balaban J connectivity index is 2.38. The van der Waals surface area contributed by atoms with Gasteiger partial charge in [-0.25, -0.2) is 4.98 Å². The molecule has 6 nitrogen and oxygen atoms in total. The molecule has 5 N–H and O–H groups in total. The van der Waals surface area contributed by atoms with Crippen molar-refractivity contribution in [2.75, 3.05) is 18.9 Å². The van der Waals surface area contributed by atoms with Crippen molar-refractivity contribution >= 4 is 33.1 Å². The molecule has 0 aromatic carbocycles. The summed E-state index contributed by atoms with van der Waals surface area (Å²) < 4.78 is 0. The average Bonchev–Trinajstić information content (AvgIpc) is 2.74. The maximum Gasteiger partial charge on any atom is 0.263 e. The fourth-order valence-corrected chi connectivity index (χ4v) is 2.82. The van der Waals surface area contributed by atoms with E-state index in [4.69, 9.17) is 15.9 Å². The molecule has 0 bridgehead atoms. The molecule has 0 aliphatic rings. The van der Waals surface area contributed by atoms with Gasteiger partial charge in [-0.3, -0.25) is 4.79 Å². The van der Waals surface area contributed by atoms with Crippen LogP contribution in [-0.4, -0.2) is 40.4 Å². The molecular weight excluding hydrogens is 266 g/mol. The van der Waals surface area contributed by atoms with E-state index in [0.717, 1.165) is 10.9 Å². The third-order valence-corrected chi connectivity index (χ3v) is 3.93. The molecule has 1 amide bonds. The van der Waals surface area contributed by atoms with Crippen LogP contribution in [0.5, 0.6) is 0 Å². The van der Waals surface area contributed by atoms with Crippen molar-refractivity contribution in [3.8, 4) is 0 Å². The first-order valence-electron chi connectivity index (χ1n) is 5.74. The van der Waals surface area contributed by atoms with Gasteiger partial charge < -0.3 is 21.3 Å². The fraction of sp³-hybridized carbons (Fsp3) is 0.333. The minimum atomic E-state index is -0.689. The number of pyridine rings is 1. The Morgan fingerprint density at radius 3 is 2.79 bits per heavy atom. The summed E-state index contributed by atoms with van der Waals surface area (Å²) in [6.45, 7) is 1.24. The van der Waals surface area contributed by atoms with Gasteiger partial charge >= 0.3 is 0 Å². The van der Waals surface area contributed by atoms with E-state index in [0.29, 0.717) is 15.4 Å². The van der Waals surface area contributed by atoms with Crippen molar-refractivity contribution in [2.45, 2.75) is 13.0 Å². The standard InChI is InChI=1S/C12H15N3O3S/c1-6-2-3-14-12-8(6)9(13)10(19-12)11(18)15-7(4-16)5-17/h2-3,7,16-17H,4-5,13H2,1H3,(H,15,18). The van der Waals surface area contributed by atoms with Gasteiger partial charge in [0.15, 0.2) is 0 Å². The number of nitrogens with two attached hydrogens (primary N) is 1. The molecule has 2 rings (SSSR count). The van der Waals surface area contributed by atoms with Crippen LogP contribution in [0.4, 0.5) is 5.69 Å². The van der Waals surface area contributed by atoms with Crippen LogP contribution in [0.3, 0.4) is 0 Å². The molecule has 0 saturated heterocycles. The number of nitrogens with zero attached hydrogens (tertiary/aromatic N) is 1. The van der Waals surface area contributed by atoms with E-state index >= 15 is 0 Å². The highest BCUT2D eigenvalue weighted by atomic mass is 32.1. The Labute approximate surface area is 113 Å². The topological polar surface area (TPSA) is 108 Å². The number of amides is 1. The van der Waals surface area contributed by atoms with E-state index in [-0.39, 0.29) is 13.2 Å². The molecule has 102 valence electrons. The molecule has 0 unspecified atom stereocenters. The van der Waals surface area contributed by atoms with Crippen LogP contribution >= 0.6 is 11.3 Å². The second-order valence-corrected chi connectivity index (χ2v) is 5.19. The quantitative estimate of drug-likeness (QED) is 0.643. The Kier molecular flexibility index (Phi) is 3.98. The summed E-state index contributed by atoms with van der Waals surface area (Å²) >= 11 is 1.20. The number of anilines is 1. The minimum absolute atomic E-state index is 0.329. The molecular formula is C12H15N3O3S. The maximum atomic E-state index is 12.0. The molecule has 2 heterocycles. The number of nitrogen functional groups attached to an aromatic ring is 1. The monoisotopic (exact) mass is 281 g/mol. The number of aromatic nitrogens is 1. The second-order valence-electron chi connectivity index (χ2n) is 4.19. The van der Waals surface area contributed by atoms with Gasteiger partial charge in [-0.1, -0.05) is 0 Å². The number of aliphatic hydroxyl groups is 2. The van der Waals surface area contributed by atoms with Crippen LogP contribution in [0.15, 0.2) is 12.3 Å². The van der Waals surface area contributed by atoms with Crippen LogP contribution in [0.1, 0.15) is 15.2 Å². The van der Waals surface area contributed by atoms with Gasteiger partial charge in [0.25, 0.3) is 5.91 Å². The third-order valence-electron chi connectivity index (χ3n) is 2.82. The number of aliphatic hydroxyl groups excluding tert-OH is 2. The van der Waals surface area contributed by atoms with Crippen molar-refractivity contribution in [3.63, 3.8) is 0 Å². The van der Waals surface area contributed by atoms with Crippen molar-refractivity contribution in [1.82, 2.24) is 10.3 Å². The number of hydrogen-bond acceptors (Lipinski definition) is 6. The smallest absolute Gasteiger partial charge is 0.263 e. The largest absolute Gasteiger partial charge is 0.397 e. The molecule has 0 radical (unpaired) electrons. The first-order chi connectivity index (χ1) is 9.08. The highest BCUT2D eigenvalue weighted by Gasteiger charge is 2.20. The zero-order valence-corrected chi connectivity index (χ0v) is 11.2. The van der Waals surface area contributed by atoms with Crippen molar-refractivity contribution in [3.05, 3.63) is 22.7 Å². The lowest BCUT2D eigenvalue weighted by atomic mass is 10.1. The summed E-state index contributed by atoms with van der Waals surface area (Å²) in [7, 11) is 0. The predicted octanol–water partition coefficient (Wildman–Crippen LogP) is 0.270. The van der Waals surface area contributed by atoms with Gasteiger partial charge in [0.2, 0.25) is 0 Å². The highest BCUT2D eigenvalue weighted by Crippen LogP contribution is 2.34. The number of thiophene rings is 1. The minimum Gasteiger partial charge on any atom is -0.397 e. The molecule has 0 aliphatic carbocycles. The zero-order valence-electron chi connectivity index (χ0n) is 10.4. The number of aryl methyl sites for hydroxylation is 1. The normalized spacial score (nSPS) is 11.2. The van der Waals surface area contributed by atoms with Crippen LogP contribution in [0.2, 0.25) is 0 Å². The summed E-state index contributed by atoms with van der Waals surface area (Å²) in [6, 6.07) is 1.14. The van der Waals surface area contributed by atoms with E-state index in [1.54, 1.807) is 6.20 Å². The molecule has 2 aromatic rings. The Morgan fingerprint density at radius 2 is 2.21 bits per heavy atom. The lowest BCUT2D eigenvalue weighted by Gasteiger charge is -2.12. The van der Waals surface area contributed by atoms with E-state index in [1.807, 2.05) is 13.0 Å². The maximum absolute atomic E-state index is 12.0. The van der Waals surface area contributed by atoms with Crippen LogP contribution < -0.4 is 11.1 Å². The average molecular weight is 281 g/mol. The SMILES string of the molecule is Cc1ccnc2sc(C(=O)NC(CO)CO)c(N)c12. The lowest BCUT2D eigenvalue weighted by molar-refractivity contribution is 0.0884. The van der Waals surface area contributed by atoms with Gasteiger partial charge in [-0.15, -0.1) is 11.3 Å². The van der Waals surface area contributed by atoms with Crippen LogP contribution in [0.25, 0.3) is 10.2 Å².